The van der Waals surface area contributed by atoms with Crippen LogP contribution >= 0.6 is 0 Å². The van der Waals surface area contributed by atoms with E-state index in [0.29, 0.717) is 0 Å². The van der Waals surface area contributed by atoms with Gasteiger partial charge in [-0.05, 0) is 36.3 Å². The summed E-state index contributed by atoms with van der Waals surface area (Å²) in [7, 11) is 0. The van der Waals surface area contributed by atoms with Gasteiger partial charge < -0.3 is 10.6 Å². The summed E-state index contributed by atoms with van der Waals surface area (Å²) in [5.74, 6) is 1.08. The second-order valence-corrected chi connectivity index (χ2v) is 6.49. The van der Waals surface area contributed by atoms with Crippen LogP contribution in [0.2, 0.25) is 0 Å². The number of amides is 1. The number of hydrogen-bond donors (Lipinski definition) is 2. The Labute approximate surface area is 127 Å². The van der Waals surface area contributed by atoms with E-state index in [1.165, 1.54) is 43.2 Å². The topological polar surface area (TPSA) is 41.1 Å². The van der Waals surface area contributed by atoms with Gasteiger partial charge in [-0.1, -0.05) is 49.9 Å². The van der Waals surface area contributed by atoms with Crippen molar-refractivity contribution in [3.8, 4) is 0 Å². The minimum Gasteiger partial charge on any atom is -0.355 e. The first-order chi connectivity index (χ1) is 10.3. The smallest absolute Gasteiger partial charge is 0.237 e. The quantitative estimate of drug-likeness (QED) is 0.817. The molecule has 1 fully saturated rings. The lowest BCUT2D eigenvalue weighted by atomic mass is 9.95. The third kappa shape index (κ3) is 3.85. The summed E-state index contributed by atoms with van der Waals surface area (Å²) in [6, 6.07) is 8.32. The van der Waals surface area contributed by atoms with Crippen molar-refractivity contribution in [1.29, 1.82) is 0 Å². The molecule has 2 N–H and O–H groups in total. The van der Waals surface area contributed by atoms with E-state index in [0.717, 1.165) is 31.8 Å². The number of carbonyl (C=O) groups is 1. The van der Waals surface area contributed by atoms with Crippen LogP contribution < -0.4 is 10.6 Å². The average Bonchev–Trinajstić information content (AvgIpc) is 3.04. The van der Waals surface area contributed by atoms with Gasteiger partial charge in [-0.2, -0.15) is 0 Å². The first-order valence-corrected chi connectivity index (χ1v) is 8.41. The van der Waals surface area contributed by atoms with Gasteiger partial charge in [0.1, 0.15) is 0 Å². The maximum absolute atomic E-state index is 12.2. The van der Waals surface area contributed by atoms with Gasteiger partial charge >= 0.3 is 0 Å². The van der Waals surface area contributed by atoms with Gasteiger partial charge in [0.2, 0.25) is 5.91 Å². The number of hydrogen-bond acceptors (Lipinski definition) is 2. The summed E-state index contributed by atoms with van der Waals surface area (Å²) in [6.45, 7) is 1.63. The Balaban J connectivity index is 1.40. The molecule has 1 amide bonds. The van der Waals surface area contributed by atoms with Crippen molar-refractivity contribution in [3.63, 3.8) is 0 Å². The Hall–Kier alpha value is -1.35. The number of rotatable bonds is 5. The largest absolute Gasteiger partial charge is 0.355 e. The molecule has 1 atom stereocenters. The van der Waals surface area contributed by atoms with Gasteiger partial charge in [0.05, 0.1) is 6.04 Å². The average molecular weight is 286 g/mol. The van der Waals surface area contributed by atoms with Crippen LogP contribution in [0.25, 0.3) is 0 Å². The Morgan fingerprint density at radius 3 is 2.76 bits per heavy atom. The maximum atomic E-state index is 12.2. The third-order valence-corrected chi connectivity index (χ3v) is 4.96. The zero-order valence-electron chi connectivity index (χ0n) is 12.7. The van der Waals surface area contributed by atoms with E-state index in [1.807, 2.05) is 0 Å². The zero-order chi connectivity index (χ0) is 14.5. The summed E-state index contributed by atoms with van der Waals surface area (Å²) in [6.07, 6.45) is 8.82. The fourth-order valence-corrected chi connectivity index (χ4v) is 3.66. The Morgan fingerprint density at radius 1 is 1.19 bits per heavy atom. The lowest BCUT2D eigenvalue weighted by Gasteiger charge is -2.25. The fourth-order valence-electron chi connectivity index (χ4n) is 3.66. The van der Waals surface area contributed by atoms with Gasteiger partial charge in [-0.25, -0.2) is 0 Å². The second kappa shape index (κ2) is 7.08. The standard InChI is InChI=1S/C18H26N2O/c21-18(19-11-5-8-14-6-1-2-7-14)17-12-15-9-3-4-10-16(15)13-20-17/h3-4,9-10,14,17,20H,1-2,5-8,11-13H2,(H,19,21)/t17-/m1/s1. The summed E-state index contributed by atoms with van der Waals surface area (Å²) < 4.78 is 0. The van der Waals surface area contributed by atoms with Crippen LogP contribution in [0, 0.1) is 5.92 Å². The molecule has 3 nitrogen and oxygen atoms in total. The highest BCUT2D eigenvalue weighted by Crippen LogP contribution is 2.28. The van der Waals surface area contributed by atoms with Crippen molar-refractivity contribution in [2.75, 3.05) is 6.54 Å². The van der Waals surface area contributed by atoms with Gasteiger partial charge in [-0.3, -0.25) is 4.79 Å². The predicted molar refractivity (Wildman–Crippen MR) is 85.0 cm³/mol. The minimum atomic E-state index is -0.0635. The van der Waals surface area contributed by atoms with Crippen LogP contribution in [-0.2, 0) is 17.8 Å². The minimum absolute atomic E-state index is 0.0635. The molecule has 0 aromatic heterocycles. The molecule has 114 valence electrons. The lowest BCUT2D eigenvalue weighted by Crippen LogP contribution is -2.47. The van der Waals surface area contributed by atoms with E-state index >= 15 is 0 Å². The van der Waals surface area contributed by atoms with Crippen LogP contribution in [0.1, 0.15) is 49.7 Å². The van der Waals surface area contributed by atoms with Crippen molar-refractivity contribution in [1.82, 2.24) is 10.6 Å². The first-order valence-electron chi connectivity index (χ1n) is 8.41. The normalized spacial score (nSPS) is 22.0. The van der Waals surface area contributed by atoms with Gasteiger partial charge in [0.25, 0.3) is 0 Å². The molecule has 0 spiro atoms. The Bertz CT molecular complexity index is 480. The third-order valence-electron chi connectivity index (χ3n) is 4.96. The summed E-state index contributed by atoms with van der Waals surface area (Å²) in [5.41, 5.74) is 2.63. The van der Waals surface area contributed by atoms with Crippen molar-refractivity contribution >= 4 is 5.91 Å². The molecule has 3 rings (SSSR count). The number of fused-ring (bicyclic) bond motifs is 1. The lowest BCUT2D eigenvalue weighted by molar-refractivity contribution is -0.123. The molecule has 1 heterocycles. The van der Waals surface area contributed by atoms with Crippen LogP contribution in [-0.4, -0.2) is 18.5 Å². The Kier molecular flexibility index (Phi) is 4.91. The van der Waals surface area contributed by atoms with E-state index in [-0.39, 0.29) is 11.9 Å². The highest BCUT2D eigenvalue weighted by atomic mass is 16.2. The van der Waals surface area contributed by atoms with Crippen molar-refractivity contribution in [2.45, 2.75) is 57.5 Å². The van der Waals surface area contributed by atoms with Crippen molar-refractivity contribution in [2.24, 2.45) is 5.92 Å². The molecule has 3 heteroatoms. The van der Waals surface area contributed by atoms with Gasteiger partial charge in [-0.15, -0.1) is 0 Å². The molecular formula is C18H26N2O. The van der Waals surface area contributed by atoms with Crippen LogP contribution in [0.15, 0.2) is 24.3 Å². The summed E-state index contributed by atoms with van der Waals surface area (Å²) in [4.78, 5) is 12.2. The molecule has 1 aromatic carbocycles. The van der Waals surface area contributed by atoms with Crippen LogP contribution in [0.3, 0.4) is 0 Å². The highest BCUT2D eigenvalue weighted by Gasteiger charge is 2.23. The van der Waals surface area contributed by atoms with Crippen molar-refractivity contribution in [3.05, 3.63) is 35.4 Å². The molecule has 2 aliphatic rings. The molecule has 0 bridgehead atoms. The molecule has 1 aromatic rings. The molecule has 1 aliphatic carbocycles. The second-order valence-electron chi connectivity index (χ2n) is 6.49. The molecule has 21 heavy (non-hydrogen) atoms. The molecule has 1 aliphatic heterocycles. The van der Waals surface area contributed by atoms with E-state index in [2.05, 4.69) is 34.9 Å². The van der Waals surface area contributed by atoms with Gasteiger partial charge in [0, 0.05) is 13.1 Å². The van der Waals surface area contributed by atoms with Crippen LogP contribution in [0.4, 0.5) is 0 Å². The summed E-state index contributed by atoms with van der Waals surface area (Å²) >= 11 is 0. The zero-order valence-corrected chi connectivity index (χ0v) is 12.7. The van der Waals surface area contributed by atoms with E-state index < -0.39 is 0 Å². The Morgan fingerprint density at radius 2 is 1.95 bits per heavy atom. The van der Waals surface area contributed by atoms with Gasteiger partial charge in [0.15, 0.2) is 0 Å². The van der Waals surface area contributed by atoms with E-state index in [1.54, 1.807) is 0 Å². The molecule has 0 saturated heterocycles. The van der Waals surface area contributed by atoms with Crippen molar-refractivity contribution < 1.29 is 4.79 Å². The molecule has 0 radical (unpaired) electrons. The van der Waals surface area contributed by atoms with E-state index in [9.17, 15) is 4.79 Å². The van der Waals surface area contributed by atoms with E-state index in [4.69, 9.17) is 0 Å². The predicted octanol–water partition coefficient (Wildman–Crippen LogP) is 2.79. The molecule has 1 saturated carbocycles. The molecular weight excluding hydrogens is 260 g/mol. The number of nitrogens with one attached hydrogen (secondary N) is 2. The maximum Gasteiger partial charge on any atom is 0.237 e. The summed E-state index contributed by atoms with van der Waals surface area (Å²) in [5, 5.41) is 6.45. The van der Waals surface area contributed by atoms with Crippen LogP contribution in [0.5, 0.6) is 0 Å². The number of carbonyl (C=O) groups excluding carboxylic acids is 1. The SMILES string of the molecule is O=C(NCCCC1CCCC1)[C@H]1Cc2ccccc2CN1. The monoisotopic (exact) mass is 286 g/mol. The molecule has 0 unspecified atom stereocenters. The highest BCUT2D eigenvalue weighted by molar-refractivity contribution is 5.82. The fraction of sp³-hybridized carbons (Fsp3) is 0.611. The number of benzene rings is 1. The first kappa shape index (κ1) is 14.6.